The zero-order valence-corrected chi connectivity index (χ0v) is 25.8. The molecule has 6 aromatic rings. The third-order valence-electron chi connectivity index (χ3n) is 8.63. The van der Waals surface area contributed by atoms with Gasteiger partial charge in [0.2, 0.25) is 0 Å². The zero-order valence-electron chi connectivity index (χ0n) is 25.8. The summed E-state index contributed by atoms with van der Waals surface area (Å²) >= 11 is 0. The Morgan fingerprint density at radius 3 is 2.61 bits per heavy atom. The molecule has 0 bridgehead atoms. The Kier molecular flexibility index (Phi) is 8.20. The number of aromatic nitrogens is 5. The number of amides is 1. The fourth-order valence-corrected chi connectivity index (χ4v) is 6.34. The van der Waals surface area contributed by atoms with Crippen molar-refractivity contribution in [2.75, 3.05) is 0 Å². The van der Waals surface area contributed by atoms with E-state index in [4.69, 9.17) is 4.74 Å². The largest absolute Gasteiger partial charge is 0.508 e. The smallest absolute Gasteiger partial charge is 0.407 e. The lowest BCUT2D eigenvalue weighted by molar-refractivity contribution is 0.0643. The molecule has 7 rings (SSSR count). The van der Waals surface area contributed by atoms with Crippen LogP contribution in [0.25, 0.3) is 33.5 Å². The van der Waals surface area contributed by atoms with Crippen LogP contribution in [0.1, 0.15) is 47.8 Å². The Morgan fingerprint density at radius 1 is 1.00 bits per heavy atom. The van der Waals surface area contributed by atoms with Gasteiger partial charge in [-0.2, -0.15) is 0 Å². The van der Waals surface area contributed by atoms with E-state index in [0.29, 0.717) is 60.1 Å². The molecule has 0 saturated heterocycles. The number of carbonyl (C=O) groups is 2. The number of imidazole rings is 1. The molecule has 12 nitrogen and oxygen atoms in total. The number of halogens is 2. The van der Waals surface area contributed by atoms with Gasteiger partial charge in [0.1, 0.15) is 29.1 Å². The second-order valence-corrected chi connectivity index (χ2v) is 11.8. The van der Waals surface area contributed by atoms with Crippen molar-refractivity contribution < 1.29 is 28.2 Å². The van der Waals surface area contributed by atoms with E-state index < -0.39 is 41.1 Å². The summed E-state index contributed by atoms with van der Waals surface area (Å²) in [5.74, 6) is -1.24. The fraction of sp³-hybridized carbons (Fsp3) is 0.200. The number of nitrogens with zero attached hydrogens (tertiary/aromatic N) is 5. The molecule has 1 aliphatic carbocycles. The topological polar surface area (TPSA) is 150 Å². The van der Waals surface area contributed by atoms with Crippen molar-refractivity contribution in [3.63, 3.8) is 0 Å². The van der Waals surface area contributed by atoms with Crippen molar-refractivity contribution in [1.82, 2.24) is 28.8 Å². The zero-order chi connectivity index (χ0) is 34.2. The first-order chi connectivity index (χ1) is 23.7. The van der Waals surface area contributed by atoms with E-state index in [-0.39, 0.29) is 28.9 Å². The van der Waals surface area contributed by atoms with Gasteiger partial charge in [0.15, 0.2) is 11.9 Å². The molecule has 2 N–H and O–H groups in total. The minimum Gasteiger partial charge on any atom is -0.508 e. The molecule has 0 spiro atoms. The Labute approximate surface area is 275 Å². The summed E-state index contributed by atoms with van der Waals surface area (Å²) in [7, 11) is 0. The van der Waals surface area contributed by atoms with Gasteiger partial charge in [-0.05, 0) is 85.3 Å². The number of aromatic hydroxyl groups is 1. The molecule has 1 fully saturated rings. The highest BCUT2D eigenvalue weighted by molar-refractivity contribution is 5.88. The molecule has 4 heterocycles. The van der Waals surface area contributed by atoms with Crippen LogP contribution in [0.5, 0.6) is 5.75 Å². The number of hydrogen-bond acceptors (Lipinski definition) is 8. The number of pyridine rings is 2. The van der Waals surface area contributed by atoms with Gasteiger partial charge in [-0.25, -0.2) is 32.9 Å². The maximum Gasteiger partial charge on any atom is 0.407 e. The predicted octanol–water partition coefficient (Wildman–Crippen LogP) is 5.07. The van der Waals surface area contributed by atoms with Crippen LogP contribution in [-0.2, 0) is 11.3 Å². The van der Waals surface area contributed by atoms with Crippen LogP contribution in [0.2, 0.25) is 0 Å². The fourth-order valence-electron chi connectivity index (χ4n) is 6.34. The van der Waals surface area contributed by atoms with E-state index >= 15 is 0 Å². The third-order valence-corrected chi connectivity index (χ3v) is 8.63. The molecule has 14 heteroatoms. The quantitative estimate of drug-likeness (QED) is 0.225. The number of ether oxygens (including phenoxy) is 1. The average Bonchev–Trinajstić information content (AvgIpc) is 3.50. The number of alkyl carbamates (subject to hydrolysis) is 1. The number of nitrogens with one attached hydrogen (secondary N) is 1. The summed E-state index contributed by atoms with van der Waals surface area (Å²) in [4.78, 5) is 60.6. The number of phenols is 1. The summed E-state index contributed by atoms with van der Waals surface area (Å²) < 4.78 is 37.4. The van der Waals surface area contributed by atoms with Crippen molar-refractivity contribution in [2.45, 2.75) is 44.4 Å². The molecule has 1 aliphatic rings. The molecule has 0 atom stereocenters. The van der Waals surface area contributed by atoms with E-state index in [1.807, 2.05) is 0 Å². The lowest BCUT2D eigenvalue weighted by atomic mass is 9.92. The second kappa shape index (κ2) is 12.8. The molecule has 248 valence electrons. The maximum absolute atomic E-state index is 14.4. The lowest BCUT2D eigenvalue weighted by Crippen LogP contribution is -2.43. The molecular weight excluding hydrogens is 638 g/mol. The number of aldehydes is 1. The summed E-state index contributed by atoms with van der Waals surface area (Å²) in [5, 5.41) is 12.4. The number of rotatable bonds is 7. The highest BCUT2D eigenvalue weighted by atomic mass is 19.1. The number of hydrogen-bond donors (Lipinski definition) is 2. The van der Waals surface area contributed by atoms with Crippen LogP contribution >= 0.6 is 0 Å². The Morgan fingerprint density at radius 2 is 1.82 bits per heavy atom. The molecule has 0 unspecified atom stereocenters. The molecule has 1 saturated carbocycles. The van der Waals surface area contributed by atoms with Gasteiger partial charge >= 0.3 is 11.8 Å². The number of phenolic OH excluding ortho intramolecular Hbond substituents is 1. The van der Waals surface area contributed by atoms with Crippen LogP contribution in [0.3, 0.4) is 0 Å². The van der Waals surface area contributed by atoms with Crippen molar-refractivity contribution >= 4 is 29.1 Å². The maximum atomic E-state index is 14.4. The van der Waals surface area contributed by atoms with Crippen LogP contribution in [0, 0.1) is 11.6 Å². The van der Waals surface area contributed by atoms with Gasteiger partial charge in [0.05, 0.1) is 29.5 Å². The first-order valence-electron chi connectivity index (χ1n) is 15.5. The molecule has 0 radical (unpaired) electrons. The number of carbonyl (C=O) groups excluding carboxylic acids is 2. The van der Waals surface area contributed by atoms with Gasteiger partial charge in [0.25, 0.3) is 5.56 Å². The molecule has 4 aromatic heterocycles. The van der Waals surface area contributed by atoms with Crippen LogP contribution in [0.4, 0.5) is 13.6 Å². The van der Waals surface area contributed by atoms with Gasteiger partial charge in [-0.3, -0.25) is 14.2 Å². The normalized spacial score (nSPS) is 16.1. The van der Waals surface area contributed by atoms with Crippen LogP contribution < -0.4 is 16.6 Å². The minimum atomic E-state index is -0.742. The van der Waals surface area contributed by atoms with Gasteiger partial charge in [0, 0.05) is 24.0 Å². The number of benzene rings is 2. The van der Waals surface area contributed by atoms with Crippen molar-refractivity contribution in [1.29, 1.82) is 0 Å². The van der Waals surface area contributed by atoms with Gasteiger partial charge in [-0.1, -0.05) is 12.1 Å². The van der Waals surface area contributed by atoms with Crippen LogP contribution in [-0.4, -0.2) is 47.1 Å². The molecular formula is C35H28F2N6O6. The summed E-state index contributed by atoms with van der Waals surface area (Å²) in [6.45, 7) is 0.0680. The number of fused-ring (bicyclic) bond motifs is 2. The monoisotopic (exact) mass is 666 g/mol. The van der Waals surface area contributed by atoms with E-state index in [9.17, 15) is 33.1 Å². The molecule has 49 heavy (non-hydrogen) atoms. The lowest BCUT2D eigenvalue weighted by Gasteiger charge is -2.29. The predicted molar refractivity (Wildman–Crippen MR) is 174 cm³/mol. The summed E-state index contributed by atoms with van der Waals surface area (Å²) in [5.41, 5.74) is 1.29. The van der Waals surface area contributed by atoms with Crippen molar-refractivity contribution in [2.24, 2.45) is 0 Å². The Bertz CT molecular complexity index is 2380. The van der Waals surface area contributed by atoms with E-state index in [2.05, 4.69) is 15.3 Å². The molecule has 2 aromatic carbocycles. The van der Waals surface area contributed by atoms with E-state index in [1.54, 1.807) is 36.5 Å². The van der Waals surface area contributed by atoms with Crippen molar-refractivity contribution in [3.8, 4) is 22.6 Å². The van der Waals surface area contributed by atoms with Gasteiger partial charge < -0.3 is 19.6 Å². The average molecular weight is 667 g/mol. The van der Waals surface area contributed by atoms with Gasteiger partial charge in [-0.15, -0.1) is 0 Å². The first kappa shape index (κ1) is 31.4. The highest BCUT2D eigenvalue weighted by Crippen LogP contribution is 2.30. The Balaban J connectivity index is 1.13. The Hall–Kier alpha value is -6.18. The minimum absolute atomic E-state index is 0.0319. The summed E-state index contributed by atoms with van der Waals surface area (Å²) in [6.07, 6.45) is 4.67. The standard InChI is InChI=1S/C35H28F2N6O6/c36-22-4-11-31-40-24(18-41(31)17-22)16-39-34(47)49-28-8-5-25(6-9-28)43-33(46)30-14-23(37)15-38-32(30)42(35(43)48)26-3-1-2-20(12-26)29-10-7-27(45)13-21(29)19-44/h1-4,7,10-15,17-19,25,28,45H,5-6,8-9,16H2,(H,39,47). The SMILES string of the molecule is O=Cc1cc(O)ccc1-c1cccc(-n2c(=O)n(C3CCC(OC(=O)NCc4cn5cc(F)ccc5n4)CC3)c(=O)c3cc(F)cnc32)c1. The van der Waals surface area contributed by atoms with E-state index in [0.717, 1.165) is 16.8 Å². The highest BCUT2D eigenvalue weighted by Gasteiger charge is 2.29. The third kappa shape index (κ3) is 6.15. The molecule has 1 amide bonds. The van der Waals surface area contributed by atoms with Crippen LogP contribution in [0.15, 0.2) is 88.8 Å². The second-order valence-electron chi connectivity index (χ2n) is 11.8. The van der Waals surface area contributed by atoms with Crippen molar-refractivity contribution in [3.05, 3.63) is 123 Å². The summed E-state index contributed by atoms with van der Waals surface area (Å²) in [6, 6.07) is 14.3. The molecule has 0 aliphatic heterocycles. The first-order valence-corrected chi connectivity index (χ1v) is 15.5. The van der Waals surface area contributed by atoms with E-state index in [1.165, 1.54) is 39.4 Å².